The molecule has 4 N–H and O–H groups in total. The second-order valence-corrected chi connectivity index (χ2v) is 6.13. The minimum absolute atomic E-state index is 0.0555. The number of hydrogen-bond donors (Lipinski definition) is 2. The Morgan fingerprint density at radius 2 is 1.73 bits per heavy atom. The van der Waals surface area contributed by atoms with Gasteiger partial charge in [0.15, 0.2) is 0 Å². The molecule has 0 saturated heterocycles. The lowest BCUT2D eigenvalue weighted by Crippen LogP contribution is -2.63. The molecule has 4 atom stereocenters. The van der Waals surface area contributed by atoms with Crippen LogP contribution in [0.15, 0.2) is 0 Å². The highest BCUT2D eigenvalue weighted by atomic mass is 14.9. The SMILES string of the molecule is CC(C)C1C(N)C(C)CCC1(N)C(C)C. The lowest BCUT2D eigenvalue weighted by atomic mass is 9.59. The third-order valence-corrected chi connectivity index (χ3v) is 4.52. The van der Waals surface area contributed by atoms with Gasteiger partial charge in [-0.25, -0.2) is 0 Å². The average Bonchev–Trinajstić information content (AvgIpc) is 2.11. The predicted octanol–water partition coefficient (Wildman–Crippen LogP) is 2.37. The monoisotopic (exact) mass is 212 g/mol. The van der Waals surface area contributed by atoms with Crippen LogP contribution in [0.1, 0.15) is 47.5 Å². The fourth-order valence-corrected chi connectivity index (χ4v) is 3.29. The zero-order valence-corrected chi connectivity index (χ0v) is 11.0. The van der Waals surface area contributed by atoms with E-state index < -0.39 is 0 Å². The van der Waals surface area contributed by atoms with Crippen LogP contribution < -0.4 is 11.5 Å². The van der Waals surface area contributed by atoms with Gasteiger partial charge < -0.3 is 11.5 Å². The van der Waals surface area contributed by atoms with Gasteiger partial charge in [0.2, 0.25) is 0 Å². The molecule has 15 heavy (non-hydrogen) atoms. The van der Waals surface area contributed by atoms with Crippen molar-refractivity contribution in [1.29, 1.82) is 0 Å². The van der Waals surface area contributed by atoms with Crippen molar-refractivity contribution in [3.05, 3.63) is 0 Å². The van der Waals surface area contributed by atoms with Gasteiger partial charge in [-0.1, -0.05) is 34.6 Å². The second-order valence-electron chi connectivity index (χ2n) is 6.13. The zero-order chi connectivity index (χ0) is 11.8. The van der Waals surface area contributed by atoms with Crippen molar-refractivity contribution >= 4 is 0 Å². The summed E-state index contributed by atoms with van der Waals surface area (Å²) in [6.07, 6.45) is 2.31. The van der Waals surface area contributed by atoms with Crippen LogP contribution >= 0.6 is 0 Å². The second kappa shape index (κ2) is 4.42. The summed E-state index contributed by atoms with van der Waals surface area (Å²) in [6, 6.07) is 0.270. The fraction of sp³-hybridized carbons (Fsp3) is 1.00. The Morgan fingerprint density at radius 3 is 2.13 bits per heavy atom. The van der Waals surface area contributed by atoms with E-state index in [4.69, 9.17) is 11.5 Å². The normalized spacial score (nSPS) is 42.6. The number of nitrogens with two attached hydrogens (primary N) is 2. The first-order valence-electron chi connectivity index (χ1n) is 6.35. The van der Waals surface area contributed by atoms with Crippen LogP contribution in [0.25, 0.3) is 0 Å². The zero-order valence-electron chi connectivity index (χ0n) is 11.0. The molecule has 90 valence electrons. The van der Waals surface area contributed by atoms with E-state index in [1.165, 1.54) is 6.42 Å². The number of hydrogen-bond acceptors (Lipinski definition) is 2. The molecular formula is C13H28N2. The molecule has 2 heteroatoms. The van der Waals surface area contributed by atoms with E-state index in [0.29, 0.717) is 23.7 Å². The van der Waals surface area contributed by atoms with Crippen molar-refractivity contribution in [1.82, 2.24) is 0 Å². The minimum Gasteiger partial charge on any atom is -0.327 e. The molecule has 4 unspecified atom stereocenters. The van der Waals surface area contributed by atoms with Crippen LogP contribution in [0.5, 0.6) is 0 Å². The molecule has 0 amide bonds. The van der Waals surface area contributed by atoms with Gasteiger partial charge in [0, 0.05) is 11.6 Å². The molecule has 0 heterocycles. The Hall–Kier alpha value is -0.0800. The quantitative estimate of drug-likeness (QED) is 0.738. The fourth-order valence-electron chi connectivity index (χ4n) is 3.29. The van der Waals surface area contributed by atoms with Crippen LogP contribution in [-0.4, -0.2) is 11.6 Å². The van der Waals surface area contributed by atoms with E-state index >= 15 is 0 Å². The summed E-state index contributed by atoms with van der Waals surface area (Å²) >= 11 is 0. The molecular weight excluding hydrogens is 184 g/mol. The molecule has 1 saturated carbocycles. The Balaban J connectivity index is 2.96. The highest BCUT2D eigenvalue weighted by molar-refractivity contribution is 5.04. The largest absolute Gasteiger partial charge is 0.327 e. The molecule has 1 rings (SSSR count). The summed E-state index contributed by atoms with van der Waals surface area (Å²) in [7, 11) is 0. The van der Waals surface area contributed by atoms with Crippen LogP contribution in [0.3, 0.4) is 0 Å². The molecule has 0 bridgehead atoms. The van der Waals surface area contributed by atoms with Crippen molar-refractivity contribution in [2.45, 2.75) is 59.0 Å². The highest BCUT2D eigenvalue weighted by Gasteiger charge is 2.47. The summed E-state index contributed by atoms with van der Waals surface area (Å²) in [5, 5.41) is 0. The Kier molecular flexibility index (Phi) is 3.83. The van der Waals surface area contributed by atoms with E-state index in [1.54, 1.807) is 0 Å². The maximum absolute atomic E-state index is 6.62. The highest BCUT2D eigenvalue weighted by Crippen LogP contribution is 2.42. The average molecular weight is 212 g/mol. The lowest BCUT2D eigenvalue weighted by molar-refractivity contribution is 0.0503. The molecule has 0 aromatic rings. The van der Waals surface area contributed by atoms with Gasteiger partial charge in [0.25, 0.3) is 0 Å². The molecule has 0 radical (unpaired) electrons. The van der Waals surface area contributed by atoms with Gasteiger partial charge in [0.1, 0.15) is 0 Å². The summed E-state index contributed by atoms with van der Waals surface area (Å²) in [5.41, 5.74) is 12.9. The maximum Gasteiger partial charge on any atom is 0.0223 e. The van der Waals surface area contributed by atoms with Gasteiger partial charge in [-0.05, 0) is 36.5 Å². The predicted molar refractivity (Wildman–Crippen MR) is 66.5 cm³/mol. The molecule has 1 fully saturated rings. The smallest absolute Gasteiger partial charge is 0.0223 e. The van der Waals surface area contributed by atoms with Crippen LogP contribution in [0.4, 0.5) is 0 Å². The topological polar surface area (TPSA) is 52.0 Å². The number of rotatable bonds is 2. The van der Waals surface area contributed by atoms with Gasteiger partial charge in [-0.3, -0.25) is 0 Å². The summed E-state index contributed by atoms with van der Waals surface area (Å²) in [6.45, 7) is 11.2. The van der Waals surface area contributed by atoms with Gasteiger partial charge in [-0.15, -0.1) is 0 Å². The summed E-state index contributed by atoms with van der Waals surface area (Å²) < 4.78 is 0. The van der Waals surface area contributed by atoms with Crippen LogP contribution in [-0.2, 0) is 0 Å². The molecule has 1 aliphatic rings. The lowest BCUT2D eigenvalue weighted by Gasteiger charge is -2.51. The van der Waals surface area contributed by atoms with Gasteiger partial charge in [-0.2, -0.15) is 0 Å². The first-order valence-corrected chi connectivity index (χ1v) is 6.35. The van der Waals surface area contributed by atoms with Crippen molar-refractivity contribution in [3.63, 3.8) is 0 Å². The van der Waals surface area contributed by atoms with Crippen LogP contribution in [0, 0.1) is 23.7 Å². The molecule has 0 spiro atoms. The van der Waals surface area contributed by atoms with Crippen molar-refractivity contribution in [3.8, 4) is 0 Å². The third-order valence-electron chi connectivity index (χ3n) is 4.52. The minimum atomic E-state index is -0.0555. The van der Waals surface area contributed by atoms with E-state index in [2.05, 4.69) is 34.6 Å². The first-order chi connectivity index (χ1) is 6.80. The first kappa shape index (κ1) is 13.0. The van der Waals surface area contributed by atoms with Crippen molar-refractivity contribution in [2.24, 2.45) is 35.1 Å². The van der Waals surface area contributed by atoms with E-state index in [-0.39, 0.29) is 11.6 Å². The maximum atomic E-state index is 6.62. The standard InChI is InChI=1S/C13H28N2/c1-8(2)11-12(14)10(5)6-7-13(11,15)9(3)4/h8-12H,6-7,14-15H2,1-5H3. The van der Waals surface area contributed by atoms with Crippen LogP contribution in [0.2, 0.25) is 0 Å². The van der Waals surface area contributed by atoms with E-state index in [0.717, 1.165) is 6.42 Å². The van der Waals surface area contributed by atoms with E-state index in [9.17, 15) is 0 Å². The molecule has 0 aliphatic heterocycles. The molecule has 1 aliphatic carbocycles. The van der Waals surface area contributed by atoms with E-state index in [1.807, 2.05) is 0 Å². The Morgan fingerprint density at radius 1 is 1.20 bits per heavy atom. The van der Waals surface area contributed by atoms with Crippen molar-refractivity contribution < 1.29 is 0 Å². The summed E-state index contributed by atoms with van der Waals surface area (Å²) in [5.74, 6) is 2.17. The van der Waals surface area contributed by atoms with Crippen molar-refractivity contribution in [2.75, 3.05) is 0 Å². The Labute approximate surface area is 94.8 Å². The summed E-state index contributed by atoms with van der Waals surface area (Å²) in [4.78, 5) is 0. The Bertz CT molecular complexity index is 213. The van der Waals surface area contributed by atoms with Gasteiger partial charge >= 0.3 is 0 Å². The molecule has 0 aromatic heterocycles. The van der Waals surface area contributed by atoms with Gasteiger partial charge in [0.05, 0.1) is 0 Å². The third kappa shape index (κ3) is 2.21. The molecule has 2 nitrogen and oxygen atoms in total. The molecule has 0 aromatic carbocycles.